The summed E-state index contributed by atoms with van der Waals surface area (Å²) in [6.45, 7) is 5.60. The van der Waals surface area contributed by atoms with Gasteiger partial charge in [0.15, 0.2) is 0 Å². The molecule has 1 aromatic heterocycles. The van der Waals surface area contributed by atoms with E-state index in [9.17, 15) is 8.42 Å². The van der Waals surface area contributed by atoms with E-state index in [4.69, 9.17) is 5.73 Å². The van der Waals surface area contributed by atoms with E-state index in [2.05, 4.69) is 19.8 Å². The molecule has 0 bridgehead atoms. The van der Waals surface area contributed by atoms with E-state index in [-0.39, 0.29) is 16.6 Å². The number of nitrogens with one attached hydrogen (secondary N) is 2. The monoisotopic (exact) mass is 287 g/mol. The number of anilines is 1. The first-order valence-corrected chi connectivity index (χ1v) is 7.98. The lowest BCUT2D eigenvalue weighted by atomic mass is 10.2. The summed E-state index contributed by atoms with van der Waals surface area (Å²) in [6.07, 6.45) is 3.71. The highest BCUT2D eigenvalue weighted by atomic mass is 32.2. The summed E-state index contributed by atoms with van der Waals surface area (Å²) in [5.41, 5.74) is 5.52. The zero-order chi connectivity index (χ0) is 13.9. The van der Waals surface area contributed by atoms with Gasteiger partial charge in [-0.3, -0.25) is 5.10 Å². The number of aromatic nitrogens is 2. The van der Waals surface area contributed by atoms with E-state index in [1.165, 1.54) is 19.0 Å². The number of hydrogen-bond donors (Lipinski definition) is 3. The van der Waals surface area contributed by atoms with E-state index in [0.717, 1.165) is 19.6 Å². The topological polar surface area (TPSA) is 104 Å². The van der Waals surface area contributed by atoms with Gasteiger partial charge >= 0.3 is 0 Å². The molecule has 2 rings (SSSR count). The predicted octanol–water partition coefficient (Wildman–Crippen LogP) is 0.00210. The van der Waals surface area contributed by atoms with Crippen LogP contribution in [0.5, 0.6) is 0 Å². The van der Waals surface area contributed by atoms with Gasteiger partial charge in [0.05, 0.1) is 6.20 Å². The van der Waals surface area contributed by atoms with E-state index in [1.807, 2.05) is 6.92 Å². The molecule has 8 heteroatoms. The maximum absolute atomic E-state index is 12.0. The molecule has 2 heterocycles. The van der Waals surface area contributed by atoms with Crippen molar-refractivity contribution in [1.82, 2.24) is 19.8 Å². The van der Waals surface area contributed by atoms with Gasteiger partial charge in [-0.05, 0) is 31.8 Å². The molecule has 1 saturated heterocycles. The standard InChI is InChI=1S/C11H21N5O2S/c1-9(8-16-4-2-3-5-16)6-14-19(17,18)10-7-13-15-11(10)12/h7,9,14H,2-6,8H2,1H3,(H3,12,13,15). The minimum absolute atomic E-state index is 0.0147. The summed E-state index contributed by atoms with van der Waals surface area (Å²) in [5.74, 6) is 0.334. The van der Waals surface area contributed by atoms with Gasteiger partial charge in [-0.1, -0.05) is 6.92 Å². The van der Waals surface area contributed by atoms with Crippen LogP contribution in [0.3, 0.4) is 0 Å². The lowest BCUT2D eigenvalue weighted by Gasteiger charge is -2.20. The van der Waals surface area contributed by atoms with Crippen molar-refractivity contribution >= 4 is 15.8 Å². The highest BCUT2D eigenvalue weighted by molar-refractivity contribution is 7.89. The molecule has 1 aliphatic heterocycles. The largest absolute Gasteiger partial charge is 0.383 e. The van der Waals surface area contributed by atoms with Crippen LogP contribution in [0.2, 0.25) is 0 Å². The van der Waals surface area contributed by atoms with Crippen molar-refractivity contribution in [1.29, 1.82) is 0 Å². The van der Waals surface area contributed by atoms with Gasteiger partial charge in [0.2, 0.25) is 10.0 Å². The zero-order valence-corrected chi connectivity index (χ0v) is 11.9. The molecular weight excluding hydrogens is 266 g/mol. The molecule has 0 aliphatic carbocycles. The summed E-state index contributed by atoms with van der Waals surface area (Å²) in [5, 5.41) is 6.04. The Labute approximate surface area is 113 Å². The molecule has 0 spiro atoms. The fourth-order valence-corrected chi connectivity index (χ4v) is 3.49. The number of aromatic amines is 1. The number of H-pyrrole nitrogens is 1. The number of nitrogen functional groups attached to an aromatic ring is 1. The summed E-state index contributed by atoms with van der Waals surface area (Å²) < 4.78 is 26.6. The molecule has 0 saturated carbocycles. The Morgan fingerprint density at radius 1 is 1.53 bits per heavy atom. The second kappa shape index (κ2) is 5.89. The quantitative estimate of drug-likeness (QED) is 0.683. The lowest BCUT2D eigenvalue weighted by molar-refractivity contribution is 0.288. The Balaban J connectivity index is 1.85. The molecule has 1 aliphatic rings. The average Bonchev–Trinajstić information content (AvgIpc) is 2.98. The number of rotatable bonds is 6. The minimum atomic E-state index is -3.56. The van der Waals surface area contributed by atoms with Crippen LogP contribution >= 0.6 is 0 Å². The highest BCUT2D eigenvalue weighted by Gasteiger charge is 2.21. The van der Waals surface area contributed by atoms with Crippen molar-refractivity contribution in [2.75, 3.05) is 31.9 Å². The van der Waals surface area contributed by atoms with Crippen LogP contribution in [0.25, 0.3) is 0 Å². The van der Waals surface area contributed by atoms with Crippen molar-refractivity contribution in [3.63, 3.8) is 0 Å². The molecule has 7 nitrogen and oxygen atoms in total. The molecule has 0 amide bonds. The lowest BCUT2D eigenvalue weighted by Crippen LogP contribution is -2.34. The Morgan fingerprint density at radius 2 is 2.21 bits per heavy atom. The first-order chi connectivity index (χ1) is 8.99. The summed E-state index contributed by atoms with van der Waals surface area (Å²) >= 11 is 0. The fraction of sp³-hybridized carbons (Fsp3) is 0.727. The first-order valence-electron chi connectivity index (χ1n) is 6.50. The Hall–Kier alpha value is -1.12. The maximum atomic E-state index is 12.0. The minimum Gasteiger partial charge on any atom is -0.383 e. The normalized spacial score (nSPS) is 18.8. The molecule has 0 radical (unpaired) electrons. The van der Waals surface area contributed by atoms with Crippen molar-refractivity contribution in [2.45, 2.75) is 24.7 Å². The third-order valence-corrected chi connectivity index (χ3v) is 4.76. The van der Waals surface area contributed by atoms with Crippen LogP contribution < -0.4 is 10.5 Å². The van der Waals surface area contributed by atoms with Crippen molar-refractivity contribution in [3.8, 4) is 0 Å². The third-order valence-electron chi connectivity index (χ3n) is 3.31. The first kappa shape index (κ1) is 14.3. The molecule has 0 aromatic carbocycles. The maximum Gasteiger partial charge on any atom is 0.245 e. The number of nitrogens with zero attached hydrogens (tertiary/aromatic N) is 2. The molecule has 1 fully saturated rings. The summed E-state index contributed by atoms with van der Waals surface area (Å²) in [6, 6.07) is 0. The second-order valence-electron chi connectivity index (χ2n) is 5.11. The average molecular weight is 287 g/mol. The third kappa shape index (κ3) is 3.68. The molecule has 1 unspecified atom stereocenters. The summed E-state index contributed by atoms with van der Waals surface area (Å²) in [7, 11) is -3.56. The van der Waals surface area contributed by atoms with Gasteiger partial charge in [-0.25, -0.2) is 13.1 Å². The Bertz CT molecular complexity index is 507. The van der Waals surface area contributed by atoms with Gasteiger partial charge in [0, 0.05) is 13.1 Å². The predicted molar refractivity (Wildman–Crippen MR) is 73.0 cm³/mol. The smallest absolute Gasteiger partial charge is 0.245 e. The number of hydrogen-bond acceptors (Lipinski definition) is 5. The van der Waals surface area contributed by atoms with Crippen molar-refractivity contribution in [2.24, 2.45) is 5.92 Å². The zero-order valence-electron chi connectivity index (χ0n) is 11.1. The van der Waals surface area contributed by atoms with E-state index < -0.39 is 10.0 Å². The van der Waals surface area contributed by atoms with Crippen LogP contribution in [-0.2, 0) is 10.0 Å². The Kier molecular flexibility index (Phi) is 4.43. The number of nitrogens with two attached hydrogens (primary N) is 1. The molecule has 4 N–H and O–H groups in total. The van der Waals surface area contributed by atoms with Crippen molar-refractivity contribution in [3.05, 3.63) is 6.20 Å². The van der Waals surface area contributed by atoms with E-state index in [0.29, 0.717) is 6.54 Å². The molecule has 1 atom stereocenters. The summed E-state index contributed by atoms with van der Waals surface area (Å²) in [4.78, 5) is 2.38. The molecule has 108 valence electrons. The Morgan fingerprint density at radius 3 is 2.79 bits per heavy atom. The molecule has 1 aromatic rings. The number of likely N-dealkylation sites (tertiary alicyclic amines) is 1. The van der Waals surface area contributed by atoms with Gasteiger partial charge in [0.25, 0.3) is 0 Å². The SMILES string of the molecule is CC(CNS(=O)(=O)c1cn[nH]c1N)CN1CCCC1. The van der Waals surface area contributed by atoms with Crippen LogP contribution in [0.1, 0.15) is 19.8 Å². The van der Waals surface area contributed by atoms with Crippen LogP contribution in [-0.4, -0.2) is 49.7 Å². The number of sulfonamides is 1. The van der Waals surface area contributed by atoms with Gasteiger partial charge in [-0.2, -0.15) is 5.10 Å². The second-order valence-corrected chi connectivity index (χ2v) is 6.85. The molecule has 19 heavy (non-hydrogen) atoms. The van der Waals surface area contributed by atoms with Gasteiger partial charge < -0.3 is 10.6 Å². The van der Waals surface area contributed by atoms with Crippen LogP contribution in [0.15, 0.2) is 11.1 Å². The fourth-order valence-electron chi connectivity index (χ4n) is 2.30. The van der Waals surface area contributed by atoms with Crippen LogP contribution in [0.4, 0.5) is 5.82 Å². The highest BCUT2D eigenvalue weighted by Crippen LogP contribution is 2.14. The van der Waals surface area contributed by atoms with Gasteiger partial charge in [0.1, 0.15) is 10.7 Å². The van der Waals surface area contributed by atoms with E-state index >= 15 is 0 Å². The van der Waals surface area contributed by atoms with Crippen molar-refractivity contribution < 1.29 is 8.42 Å². The van der Waals surface area contributed by atoms with Crippen LogP contribution in [0, 0.1) is 5.92 Å². The van der Waals surface area contributed by atoms with Gasteiger partial charge in [-0.15, -0.1) is 0 Å². The molecular formula is C11H21N5O2S. The van der Waals surface area contributed by atoms with E-state index in [1.54, 1.807) is 0 Å².